The zero-order valence-electron chi connectivity index (χ0n) is 12.6. The number of carbonyl (C=O) groups excluding carboxylic acids is 1. The first kappa shape index (κ1) is 20.0. The third-order valence-corrected chi connectivity index (χ3v) is 4.49. The highest BCUT2D eigenvalue weighted by atomic mass is 35.5. The number of nitrogens with one attached hydrogen (secondary N) is 1. The molecule has 1 N–H and O–H groups in total. The smallest absolute Gasteiger partial charge is 0.236 e. The van der Waals surface area contributed by atoms with Gasteiger partial charge in [-0.1, -0.05) is 6.92 Å². The normalized spacial score (nSPS) is 27.1. The number of carbonyl (C=O) groups is 1. The second-order valence-electron chi connectivity index (χ2n) is 5.94. The second-order valence-corrected chi connectivity index (χ2v) is 5.94. The number of amides is 1. The number of hydrogen-bond acceptors (Lipinski definition) is 3. The van der Waals surface area contributed by atoms with Crippen LogP contribution >= 0.6 is 24.8 Å². The Labute approximate surface area is 135 Å². The van der Waals surface area contributed by atoms with Gasteiger partial charge in [0.05, 0.1) is 6.54 Å². The Kier molecular flexibility index (Phi) is 9.81. The summed E-state index contributed by atoms with van der Waals surface area (Å²) in [7, 11) is 1.99. The molecule has 0 spiro atoms. The van der Waals surface area contributed by atoms with Gasteiger partial charge in [0, 0.05) is 39.3 Å². The lowest BCUT2D eigenvalue weighted by Gasteiger charge is -2.35. The van der Waals surface area contributed by atoms with Crippen molar-refractivity contribution in [3.8, 4) is 0 Å². The van der Waals surface area contributed by atoms with Crippen molar-refractivity contribution >= 4 is 30.7 Å². The molecule has 1 saturated carbocycles. The van der Waals surface area contributed by atoms with E-state index in [1.165, 1.54) is 25.7 Å². The number of rotatable bonds is 3. The van der Waals surface area contributed by atoms with Gasteiger partial charge in [0.1, 0.15) is 0 Å². The molecule has 1 aliphatic carbocycles. The highest BCUT2D eigenvalue weighted by molar-refractivity contribution is 5.85. The fourth-order valence-corrected chi connectivity index (χ4v) is 3.01. The van der Waals surface area contributed by atoms with Crippen LogP contribution in [0.3, 0.4) is 0 Å². The third kappa shape index (κ3) is 5.76. The van der Waals surface area contributed by atoms with Gasteiger partial charge in [-0.15, -0.1) is 24.8 Å². The van der Waals surface area contributed by atoms with E-state index in [1.807, 2.05) is 11.9 Å². The van der Waals surface area contributed by atoms with Crippen LogP contribution in [0.1, 0.15) is 32.6 Å². The van der Waals surface area contributed by atoms with Crippen LogP contribution in [0.2, 0.25) is 0 Å². The van der Waals surface area contributed by atoms with E-state index in [9.17, 15) is 4.79 Å². The standard InChI is InChI=1S/C14H27N3O.2ClH/c1-12-3-5-13(6-4-12)16(2)14(18)11-17-9-7-15-8-10-17;;/h12-13,15H,3-11H2,1-2H3;2*1H. The fraction of sp³-hybridized carbons (Fsp3) is 0.929. The lowest BCUT2D eigenvalue weighted by molar-refractivity contribution is -0.134. The van der Waals surface area contributed by atoms with E-state index in [0.717, 1.165) is 32.1 Å². The van der Waals surface area contributed by atoms with Gasteiger partial charge in [0.15, 0.2) is 0 Å². The fourth-order valence-electron chi connectivity index (χ4n) is 3.01. The summed E-state index contributed by atoms with van der Waals surface area (Å²) in [5.74, 6) is 1.15. The molecule has 6 heteroatoms. The van der Waals surface area contributed by atoms with Crippen molar-refractivity contribution in [2.45, 2.75) is 38.6 Å². The van der Waals surface area contributed by atoms with Crippen molar-refractivity contribution in [2.75, 3.05) is 39.8 Å². The van der Waals surface area contributed by atoms with E-state index in [1.54, 1.807) is 0 Å². The van der Waals surface area contributed by atoms with Crippen LogP contribution in [0.4, 0.5) is 0 Å². The minimum atomic E-state index is 0. The summed E-state index contributed by atoms with van der Waals surface area (Å²) in [5.41, 5.74) is 0. The summed E-state index contributed by atoms with van der Waals surface area (Å²) in [5, 5.41) is 3.32. The summed E-state index contributed by atoms with van der Waals surface area (Å²) in [6.07, 6.45) is 4.92. The van der Waals surface area contributed by atoms with Gasteiger partial charge in [-0.2, -0.15) is 0 Å². The van der Waals surface area contributed by atoms with Crippen LogP contribution in [-0.2, 0) is 4.79 Å². The first-order chi connectivity index (χ1) is 8.66. The lowest BCUT2D eigenvalue weighted by atomic mass is 9.87. The first-order valence-electron chi connectivity index (χ1n) is 7.35. The van der Waals surface area contributed by atoms with Gasteiger partial charge >= 0.3 is 0 Å². The Morgan fingerprint density at radius 1 is 1.15 bits per heavy atom. The number of likely N-dealkylation sites (N-methyl/N-ethyl adjacent to an activating group) is 1. The van der Waals surface area contributed by atoms with Gasteiger partial charge in [0.25, 0.3) is 0 Å². The van der Waals surface area contributed by atoms with Crippen molar-refractivity contribution in [1.29, 1.82) is 0 Å². The van der Waals surface area contributed by atoms with E-state index < -0.39 is 0 Å². The predicted molar refractivity (Wildman–Crippen MR) is 88.0 cm³/mol. The predicted octanol–water partition coefficient (Wildman–Crippen LogP) is 1.77. The molecule has 4 nitrogen and oxygen atoms in total. The number of halogens is 2. The van der Waals surface area contributed by atoms with Crippen molar-refractivity contribution in [2.24, 2.45) is 5.92 Å². The SMILES string of the molecule is CC1CCC(N(C)C(=O)CN2CCNCC2)CC1.Cl.Cl. The zero-order valence-corrected chi connectivity index (χ0v) is 14.3. The summed E-state index contributed by atoms with van der Waals surface area (Å²) in [6.45, 7) is 6.95. The molecule has 0 bridgehead atoms. The molecule has 0 aromatic rings. The molecule has 0 aromatic heterocycles. The monoisotopic (exact) mass is 325 g/mol. The number of piperazine rings is 1. The molecule has 2 fully saturated rings. The molecule has 20 heavy (non-hydrogen) atoms. The second kappa shape index (κ2) is 9.82. The molecule has 0 radical (unpaired) electrons. The third-order valence-electron chi connectivity index (χ3n) is 4.49. The summed E-state index contributed by atoms with van der Waals surface area (Å²) in [6, 6.07) is 0.483. The minimum Gasteiger partial charge on any atom is -0.342 e. The van der Waals surface area contributed by atoms with Gasteiger partial charge in [-0.3, -0.25) is 9.69 Å². The van der Waals surface area contributed by atoms with Gasteiger partial charge in [-0.25, -0.2) is 0 Å². The highest BCUT2D eigenvalue weighted by Gasteiger charge is 2.25. The molecule has 2 aliphatic rings. The Bertz CT molecular complexity index is 278. The van der Waals surface area contributed by atoms with Crippen LogP contribution < -0.4 is 5.32 Å². The molecular formula is C14H29Cl2N3O. The maximum absolute atomic E-state index is 12.3. The molecular weight excluding hydrogens is 297 g/mol. The van der Waals surface area contributed by atoms with E-state index in [0.29, 0.717) is 18.5 Å². The van der Waals surface area contributed by atoms with E-state index in [4.69, 9.17) is 0 Å². The molecule has 0 aromatic carbocycles. The molecule has 0 unspecified atom stereocenters. The van der Waals surface area contributed by atoms with Crippen LogP contribution in [0.15, 0.2) is 0 Å². The molecule has 1 amide bonds. The molecule has 120 valence electrons. The molecule has 0 atom stereocenters. The van der Waals surface area contributed by atoms with E-state index in [2.05, 4.69) is 17.1 Å². The Balaban J connectivity index is 0.00000180. The van der Waals surface area contributed by atoms with Gasteiger partial charge in [-0.05, 0) is 31.6 Å². The van der Waals surface area contributed by atoms with Crippen molar-refractivity contribution in [1.82, 2.24) is 15.1 Å². The van der Waals surface area contributed by atoms with E-state index in [-0.39, 0.29) is 24.8 Å². The van der Waals surface area contributed by atoms with Crippen molar-refractivity contribution in [3.05, 3.63) is 0 Å². The van der Waals surface area contributed by atoms with Gasteiger partial charge < -0.3 is 10.2 Å². The summed E-state index contributed by atoms with van der Waals surface area (Å²) >= 11 is 0. The first-order valence-corrected chi connectivity index (χ1v) is 7.35. The average molecular weight is 326 g/mol. The summed E-state index contributed by atoms with van der Waals surface area (Å²) < 4.78 is 0. The van der Waals surface area contributed by atoms with E-state index >= 15 is 0 Å². The van der Waals surface area contributed by atoms with Crippen LogP contribution in [0, 0.1) is 5.92 Å². The maximum atomic E-state index is 12.3. The summed E-state index contributed by atoms with van der Waals surface area (Å²) in [4.78, 5) is 16.5. The highest BCUT2D eigenvalue weighted by Crippen LogP contribution is 2.26. The van der Waals surface area contributed by atoms with Gasteiger partial charge in [0.2, 0.25) is 5.91 Å². The van der Waals surface area contributed by atoms with Crippen LogP contribution in [-0.4, -0.2) is 61.5 Å². The maximum Gasteiger partial charge on any atom is 0.236 e. The van der Waals surface area contributed by atoms with Crippen molar-refractivity contribution < 1.29 is 4.79 Å². The number of nitrogens with zero attached hydrogens (tertiary/aromatic N) is 2. The topological polar surface area (TPSA) is 35.6 Å². The molecule has 2 rings (SSSR count). The molecule has 1 aliphatic heterocycles. The molecule has 1 saturated heterocycles. The minimum absolute atomic E-state index is 0. The molecule has 1 heterocycles. The van der Waals surface area contributed by atoms with Crippen LogP contribution in [0.25, 0.3) is 0 Å². The van der Waals surface area contributed by atoms with Crippen LogP contribution in [0.5, 0.6) is 0 Å². The van der Waals surface area contributed by atoms with Crippen molar-refractivity contribution in [3.63, 3.8) is 0 Å². The largest absolute Gasteiger partial charge is 0.342 e. The zero-order chi connectivity index (χ0) is 13.0. The Morgan fingerprint density at radius 2 is 1.70 bits per heavy atom. The quantitative estimate of drug-likeness (QED) is 0.859. The Hall–Kier alpha value is -0.0300. The Morgan fingerprint density at radius 3 is 2.25 bits per heavy atom. The number of hydrogen-bond donors (Lipinski definition) is 1. The lowest BCUT2D eigenvalue weighted by Crippen LogP contribution is -2.49. The average Bonchev–Trinajstić information content (AvgIpc) is 2.40.